The normalized spacial score (nSPS) is 28.1. The molecule has 0 bridgehead atoms. The van der Waals surface area contributed by atoms with Crippen molar-refractivity contribution in [3.8, 4) is 0 Å². The summed E-state index contributed by atoms with van der Waals surface area (Å²) in [6.07, 6.45) is -0.211. The van der Waals surface area contributed by atoms with E-state index in [1.54, 1.807) is 0 Å². The molecule has 3 heteroatoms. The van der Waals surface area contributed by atoms with E-state index in [9.17, 15) is 5.11 Å². The van der Waals surface area contributed by atoms with Gasteiger partial charge in [0.05, 0.1) is 18.8 Å². The van der Waals surface area contributed by atoms with E-state index in [1.165, 1.54) is 5.56 Å². The molecule has 0 aromatic heterocycles. The Morgan fingerprint density at radius 2 is 1.89 bits per heavy atom. The van der Waals surface area contributed by atoms with Crippen LogP contribution in [-0.4, -0.2) is 41.3 Å². The van der Waals surface area contributed by atoms with Crippen molar-refractivity contribution in [2.75, 3.05) is 13.2 Å². The molecule has 106 valence electrons. The van der Waals surface area contributed by atoms with Gasteiger partial charge < -0.3 is 9.84 Å². The number of ether oxygens (including phenoxy) is 1. The quantitative estimate of drug-likeness (QED) is 0.909. The fourth-order valence-corrected chi connectivity index (χ4v) is 2.72. The van der Waals surface area contributed by atoms with Gasteiger partial charge in [-0.15, -0.1) is 0 Å². The molecule has 4 unspecified atom stereocenters. The topological polar surface area (TPSA) is 32.7 Å². The largest absolute Gasteiger partial charge is 0.387 e. The zero-order valence-corrected chi connectivity index (χ0v) is 12.3. The highest BCUT2D eigenvalue weighted by atomic mass is 16.5. The standard InChI is InChI=1S/C16H25NO2/c1-11-5-7-15(8-6-11)16(18)14(4)17-9-13(3)19-10-12(17)2/h5-8,12-14,16,18H,9-10H2,1-4H3. The summed E-state index contributed by atoms with van der Waals surface area (Å²) in [5, 5.41) is 10.6. The van der Waals surface area contributed by atoms with Gasteiger partial charge in [-0.3, -0.25) is 4.90 Å². The molecule has 3 nitrogen and oxygen atoms in total. The first kappa shape index (κ1) is 14.5. The van der Waals surface area contributed by atoms with Crippen LogP contribution in [0.2, 0.25) is 0 Å². The summed E-state index contributed by atoms with van der Waals surface area (Å²) in [5.41, 5.74) is 2.21. The van der Waals surface area contributed by atoms with Crippen molar-refractivity contribution in [2.24, 2.45) is 0 Å². The molecule has 0 radical (unpaired) electrons. The van der Waals surface area contributed by atoms with Crippen molar-refractivity contribution in [1.29, 1.82) is 0 Å². The Bertz CT molecular complexity index is 404. The Morgan fingerprint density at radius 3 is 2.53 bits per heavy atom. The summed E-state index contributed by atoms with van der Waals surface area (Å²) in [6, 6.07) is 8.60. The van der Waals surface area contributed by atoms with Crippen molar-refractivity contribution in [3.05, 3.63) is 35.4 Å². The zero-order valence-electron chi connectivity index (χ0n) is 12.3. The number of rotatable bonds is 3. The van der Waals surface area contributed by atoms with E-state index in [1.807, 2.05) is 12.1 Å². The summed E-state index contributed by atoms with van der Waals surface area (Å²) in [4.78, 5) is 2.35. The van der Waals surface area contributed by atoms with E-state index in [0.717, 1.165) is 18.7 Å². The highest BCUT2D eigenvalue weighted by Crippen LogP contribution is 2.25. The highest BCUT2D eigenvalue weighted by molar-refractivity contribution is 5.24. The molecule has 0 saturated carbocycles. The second kappa shape index (κ2) is 6.04. The van der Waals surface area contributed by atoms with Crippen LogP contribution in [0.5, 0.6) is 0 Å². The lowest BCUT2D eigenvalue weighted by molar-refractivity contribution is -0.0836. The molecule has 1 fully saturated rings. The Kier molecular flexibility index (Phi) is 4.61. The van der Waals surface area contributed by atoms with Crippen molar-refractivity contribution < 1.29 is 9.84 Å². The first-order valence-electron chi connectivity index (χ1n) is 7.11. The molecule has 1 N–H and O–H groups in total. The van der Waals surface area contributed by atoms with Crippen LogP contribution < -0.4 is 0 Å². The number of benzene rings is 1. The summed E-state index contributed by atoms with van der Waals surface area (Å²) in [6.45, 7) is 10.0. The van der Waals surface area contributed by atoms with E-state index < -0.39 is 6.10 Å². The number of aliphatic hydroxyl groups is 1. The van der Waals surface area contributed by atoms with E-state index in [0.29, 0.717) is 6.04 Å². The van der Waals surface area contributed by atoms with Gasteiger partial charge in [0.15, 0.2) is 0 Å². The van der Waals surface area contributed by atoms with Gasteiger partial charge >= 0.3 is 0 Å². The van der Waals surface area contributed by atoms with E-state index in [2.05, 4.69) is 44.7 Å². The fourth-order valence-electron chi connectivity index (χ4n) is 2.72. The average Bonchev–Trinajstić information content (AvgIpc) is 2.41. The lowest BCUT2D eigenvalue weighted by atomic mass is 9.99. The van der Waals surface area contributed by atoms with Crippen LogP contribution in [0.25, 0.3) is 0 Å². The van der Waals surface area contributed by atoms with Crippen LogP contribution in [0.15, 0.2) is 24.3 Å². The summed E-state index contributed by atoms with van der Waals surface area (Å²) >= 11 is 0. The van der Waals surface area contributed by atoms with Crippen molar-refractivity contribution in [2.45, 2.75) is 52.0 Å². The molecule has 1 aromatic carbocycles. The molecule has 1 heterocycles. The van der Waals surface area contributed by atoms with E-state index in [-0.39, 0.29) is 12.1 Å². The maximum absolute atomic E-state index is 10.6. The minimum absolute atomic E-state index is 0.101. The molecule has 1 aromatic rings. The van der Waals surface area contributed by atoms with Crippen LogP contribution in [-0.2, 0) is 4.74 Å². The van der Waals surface area contributed by atoms with Crippen LogP contribution in [0.4, 0.5) is 0 Å². The number of aryl methyl sites for hydroxylation is 1. The van der Waals surface area contributed by atoms with Gasteiger partial charge in [0.2, 0.25) is 0 Å². The number of aliphatic hydroxyl groups excluding tert-OH is 1. The number of morpholine rings is 1. The van der Waals surface area contributed by atoms with Crippen LogP contribution in [0.1, 0.15) is 38.0 Å². The Labute approximate surface area is 116 Å². The summed E-state index contributed by atoms with van der Waals surface area (Å²) in [5.74, 6) is 0. The van der Waals surface area contributed by atoms with Crippen LogP contribution in [0.3, 0.4) is 0 Å². The van der Waals surface area contributed by atoms with Gasteiger partial charge in [0.25, 0.3) is 0 Å². The third-order valence-corrected chi connectivity index (χ3v) is 4.05. The van der Waals surface area contributed by atoms with Gasteiger partial charge in [-0.25, -0.2) is 0 Å². The predicted molar refractivity (Wildman–Crippen MR) is 77.2 cm³/mol. The maximum Gasteiger partial charge on any atom is 0.0942 e. The second-order valence-corrected chi connectivity index (χ2v) is 5.79. The minimum Gasteiger partial charge on any atom is -0.387 e. The monoisotopic (exact) mass is 263 g/mol. The maximum atomic E-state index is 10.6. The zero-order chi connectivity index (χ0) is 14.0. The first-order valence-corrected chi connectivity index (χ1v) is 7.11. The minimum atomic E-state index is -0.451. The third-order valence-electron chi connectivity index (χ3n) is 4.05. The van der Waals surface area contributed by atoms with Crippen LogP contribution >= 0.6 is 0 Å². The van der Waals surface area contributed by atoms with Gasteiger partial charge in [0.1, 0.15) is 0 Å². The smallest absolute Gasteiger partial charge is 0.0942 e. The first-order chi connectivity index (χ1) is 8.99. The molecular weight excluding hydrogens is 238 g/mol. The molecule has 1 aliphatic heterocycles. The molecule has 0 spiro atoms. The Hall–Kier alpha value is -0.900. The second-order valence-electron chi connectivity index (χ2n) is 5.79. The van der Waals surface area contributed by atoms with E-state index >= 15 is 0 Å². The molecule has 1 aliphatic rings. The molecule has 0 amide bonds. The Balaban J connectivity index is 2.09. The van der Waals surface area contributed by atoms with Gasteiger partial charge in [-0.2, -0.15) is 0 Å². The number of nitrogens with zero attached hydrogens (tertiary/aromatic N) is 1. The lowest BCUT2D eigenvalue weighted by Crippen LogP contribution is -2.52. The SMILES string of the molecule is Cc1ccc(C(O)C(C)N2CC(C)OCC2C)cc1. The van der Waals surface area contributed by atoms with Crippen molar-refractivity contribution in [1.82, 2.24) is 4.90 Å². The van der Waals surface area contributed by atoms with Crippen molar-refractivity contribution in [3.63, 3.8) is 0 Å². The molecular formula is C16H25NO2. The van der Waals surface area contributed by atoms with Crippen LogP contribution in [0, 0.1) is 6.92 Å². The lowest BCUT2D eigenvalue weighted by Gasteiger charge is -2.42. The number of hydrogen-bond donors (Lipinski definition) is 1. The number of hydrogen-bond acceptors (Lipinski definition) is 3. The summed E-state index contributed by atoms with van der Waals surface area (Å²) < 4.78 is 5.65. The van der Waals surface area contributed by atoms with Gasteiger partial charge in [-0.05, 0) is 33.3 Å². The van der Waals surface area contributed by atoms with E-state index in [4.69, 9.17) is 4.74 Å². The van der Waals surface area contributed by atoms with Gasteiger partial charge in [0, 0.05) is 18.6 Å². The molecule has 1 saturated heterocycles. The summed E-state index contributed by atoms with van der Waals surface area (Å²) in [7, 11) is 0. The van der Waals surface area contributed by atoms with Gasteiger partial charge in [-0.1, -0.05) is 29.8 Å². The fraction of sp³-hybridized carbons (Fsp3) is 0.625. The Morgan fingerprint density at radius 1 is 1.26 bits per heavy atom. The highest BCUT2D eigenvalue weighted by Gasteiger charge is 2.31. The molecule has 4 atom stereocenters. The molecule has 0 aliphatic carbocycles. The average molecular weight is 263 g/mol. The predicted octanol–water partition coefficient (Wildman–Crippen LogP) is 2.53. The van der Waals surface area contributed by atoms with Crippen molar-refractivity contribution >= 4 is 0 Å². The molecule has 2 rings (SSSR count). The third kappa shape index (κ3) is 3.35. The molecule has 19 heavy (non-hydrogen) atoms.